The van der Waals surface area contributed by atoms with E-state index < -0.39 is 0 Å². The molecule has 1 rings (SSSR count). The van der Waals surface area contributed by atoms with E-state index in [9.17, 15) is 0 Å². The van der Waals surface area contributed by atoms with E-state index in [0.717, 1.165) is 6.54 Å². The zero-order chi connectivity index (χ0) is 14.6. The van der Waals surface area contributed by atoms with E-state index >= 15 is 0 Å². The van der Waals surface area contributed by atoms with Crippen LogP contribution in [-0.4, -0.2) is 46.7 Å². The molecule has 4 heteroatoms. The summed E-state index contributed by atoms with van der Waals surface area (Å²) in [5.74, 6) is 0. The Labute approximate surface area is 122 Å². The van der Waals surface area contributed by atoms with Crippen LogP contribution in [0.15, 0.2) is 24.3 Å². The molecule has 0 aliphatic rings. The van der Waals surface area contributed by atoms with Crippen molar-refractivity contribution in [1.82, 2.24) is 5.32 Å². The monoisotopic (exact) mass is 281 g/mol. The first-order valence-corrected chi connectivity index (χ1v) is 7.19. The van der Waals surface area contributed by atoms with Crippen molar-refractivity contribution in [2.45, 2.75) is 19.9 Å². The fourth-order valence-electron chi connectivity index (χ4n) is 1.99. The van der Waals surface area contributed by atoms with Crippen LogP contribution in [0.1, 0.15) is 24.1 Å². The van der Waals surface area contributed by atoms with Gasteiger partial charge in [-0.1, -0.05) is 24.3 Å². The van der Waals surface area contributed by atoms with Gasteiger partial charge in [-0.3, -0.25) is 0 Å². The maximum absolute atomic E-state index is 5.50. The molecule has 0 bridgehead atoms. The molecule has 0 unspecified atom stereocenters. The summed E-state index contributed by atoms with van der Waals surface area (Å²) in [6, 6.07) is 8.80. The smallest absolute Gasteiger partial charge is 0.0701 e. The van der Waals surface area contributed by atoms with Gasteiger partial charge in [0.05, 0.1) is 33.0 Å². The van der Waals surface area contributed by atoms with Gasteiger partial charge in [-0.15, -0.1) is 0 Å². The molecule has 1 N–H and O–H groups in total. The molecule has 0 aliphatic heterocycles. The maximum atomic E-state index is 5.50. The quantitative estimate of drug-likeness (QED) is 0.632. The van der Waals surface area contributed by atoms with Crippen LogP contribution in [0.4, 0.5) is 0 Å². The van der Waals surface area contributed by atoms with Crippen molar-refractivity contribution in [1.29, 1.82) is 0 Å². The predicted octanol–water partition coefficient (Wildman–Crippen LogP) is 2.33. The minimum atomic E-state index is 0.345. The Morgan fingerprint density at radius 1 is 1.00 bits per heavy atom. The molecule has 20 heavy (non-hydrogen) atoms. The number of hydrogen-bond acceptors (Lipinski definition) is 4. The molecule has 114 valence electrons. The summed E-state index contributed by atoms with van der Waals surface area (Å²) in [5, 5.41) is 3.47. The molecule has 0 heterocycles. The van der Waals surface area contributed by atoms with Crippen LogP contribution >= 0.6 is 0 Å². The molecule has 0 aromatic heterocycles. The molecule has 0 fully saturated rings. The molecular weight excluding hydrogens is 254 g/mol. The summed E-state index contributed by atoms with van der Waals surface area (Å²) in [7, 11) is 1.67. The maximum Gasteiger partial charge on any atom is 0.0701 e. The highest BCUT2D eigenvalue weighted by molar-refractivity contribution is 5.28. The van der Waals surface area contributed by atoms with E-state index in [2.05, 4.69) is 43.4 Å². The Bertz CT molecular complexity index is 357. The second-order valence-electron chi connectivity index (χ2n) is 4.75. The lowest BCUT2D eigenvalue weighted by Gasteiger charge is -2.16. The zero-order valence-corrected chi connectivity index (χ0v) is 12.9. The number of aryl methyl sites for hydroxylation is 1. The van der Waals surface area contributed by atoms with E-state index in [4.69, 9.17) is 14.2 Å². The topological polar surface area (TPSA) is 39.7 Å². The molecule has 0 spiro atoms. The van der Waals surface area contributed by atoms with Gasteiger partial charge in [-0.05, 0) is 25.0 Å². The van der Waals surface area contributed by atoms with Crippen LogP contribution < -0.4 is 5.32 Å². The van der Waals surface area contributed by atoms with Gasteiger partial charge in [0.25, 0.3) is 0 Å². The number of benzene rings is 1. The summed E-state index contributed by atoms with van der Waals surface area (Å²) in [6.07, 6.45) is 0. The van der Waals surface area contributed by atoms with Crippen LogP contribution in [0.5, 0.6) is 0 Å². The molecule has 0 saturated carbocycles. The first-order valence-electron chi connectivity index (χ1n) is 7.19. The third kappa shape index (κ3) is 7.01. The van der Waals surface area contributed by atoms with E-state index in [1.54, 1.807) is 7.11 Å². The Hall–Kier alpha value is -0.940. The summed E-state index contributed by atoms with van der Waals surface area (Å²) in [5.41, 5.74) is 2.66. The number of nitrogens with one attached hydrogen (secondary N) is 1. The van der Waals surface area contributed by atoms with Gasteiger partial charge < -0.3 is 19.5 Å². The predicted molar refractivity (Wildman–Crippen MR) is 81.1 cm³/mol. The molecule has 1 aromatic rings. The minimum Gasteiger partial charge on any atom is -0.382 e. The highest BCUT2D eigenvalue weighted by atomic mass is 16.5. The number of rotatable bonds is 11. The van der Waals surface area contributed by atoms with Crippen molar-refractivity contribution in [2.75, 3.05) is 46.7 Å². The summed E-state index contributed by atoms with van der Waals surface area (Å²) < 4.78 is 15.7. The second-order valence-corrected chi connectivity index (χ2v) is 4.75. The first kappa shape index (κ1) is 17.1. The van der Waals surface area contributed by atoms with Gasteiger partial charge in [-0.25, -0.2) is 0 Å². The fraction of sp³-hybridized carbons (Fsp3) is 0.625. The molecule has 0 saturated heterocycles. The average Bonchev–Trinajstić information content (AvgIpc) is 2.46. The van der Waals surface area contributed by atoms with Crippen LogP contribution in [-0.2, 0) is 14.2 Å². The third-order valence-corrected chi connectivity index (χ3v) is 3.16. The van der Waals surface area contributed by atoms with E-state index in [1.807, 2.05) is 0 Å². The third-order valence-electron chi connectivity index (χ3n) is 3.16. The van der Waals surface area contributed by atoms with Crippen molar-refractivity contribution in [3.63, 3.8) is 0 Å². The summed E-state index contributed by atoms with van der Waals surface area (Å²) >= 11 is 0. The van der Waals surface area contributed by atoms with Crippen molar-refractivity contribution < 1.29 is 14.2 Å². The van der Waals surface area contributed by atoms with Crippen LogP contribution in [0, 0.1) is 6.92 Å². The Morgan fingerprint density at radius 3 is 2.35 bits per heavy atom. The Morgan fingerprint density at radius 2 is 1.65 bits per heavy atom. The average molecular weight is 281 g/mol. The Kier molecular flexibility index (Phi) is 9.24. The largest absolute Gasteiger partial charge is 0.382 e. The normalized spacial score (nSPS) is 12.6. The molecule has 0 aliphatic carbocycles. The van der Waals surface area contributed by atoms with Gasteiger partial charge >= 0.3 is 0 Å². The molecule has 0 radical (unpaired) electrons. The lowest BCUT2D eigenvalue weighted by molar-refractivity contribution is 0.0253. The Balaban J connectivity index is 2.03. The van der Waals surface area contributed by atoms with Gasteiger partial charge in [0.1, 0.15) is 0 Å². The number of ether oxygens (including phenoxy) is 3. The first-order chi connectivity index (χ1) is 9.75. The van der Waals surface area contributed by atoms with Crippen molar-refractivity contribution >= 4 is 0 Å². The van der Waals surface area contributed by atoms with Gasteiger partial charge in [-0.2, -0.15) is 0 Å². The fourth-order valence-corrected chi connectivity index (χ4v) is 1.99. The van der Waals surface area contributed by atoms with E-state index in [-0.39, 0.29) is 0 Å². The zero-order valence-electron chi connectivity index (χ0n) is 12.9. The van der Waals surface area contributed by atoms with Crippen molar-refractivity contribution in [3.8, 4) is 0 Å². The molecule has 0 amide bonds. The molecule has 4 nitrogen and oxygen atoms in total. The number of methoxy groups -OCH3 is 1. The van der Waals surface area contributed by atoms with Gasteiger partial charge in [0.15, 0.2) is 0 Å². The van der Waals surface area contributed by atoms with E-state index in [0.29, 0.717) is 39.1 Å². The molecule has 1 atom stereocenters. The standard InChI is InChI=1S/C16H27NO3/c1-14-6-4-5-7-16(14)15(2)17-8-9-19-12-13-20-11-10-18-3/h4-7,15,17H,8-13H2,1-3H3/t15-/m1/s1. The lowest BCUT2D eigenvalue weighted by Crippen LogP contribution is -2.24. The molecular formula is C16H27NO3. The second kappa shape index (κ2) is 10.8. The molecule has 1 aromatic carbocycles. The summed E-state index contributed by atoms with van der Waals surface area (Å²) in [6.45, 7) is 8.37. The van der Waals surface area contributed by atoms with Crippen molar-refractivity contribution in [2.24, 2.45) is 0 Å². The highest BCUT2D eigenvalue weighted by Crippen LogP contribution is 2.15. The van der Waals surface area contributed by atoms with Crippen LogP contribution in [0.2, 0.25) is 0 Å². The van der Waals surface area contributed by atoms with E-state index in [1.165, 1.54) is 11.1 Å². The van der Waals surface area contributed by atoms with Gasteiger partial charge in [0, 0.05) is 19.7 Å². The lowest BCUT2D eigenvalue weighted by atomic mass is 10.0. The minimum absolute atomic E-state index is 0.345. The number of hydrogen-bond donors (Lipinski definition) is 1. The van der Waals surface area contributed by atoms with Crippen molar-refractivity contribution in [3.05, 3.63) is 35.4 Å². The van der Waals surface area contributed by atoms with Crippen LogP contribution in [0.25, 0.3) is 0 Å². The SMILES string of the molecule is COCCOCCOCCN[C@H](C)c1ccccc1C. The van der Waals surface area contributed by atoms with Crippen LogP contribution in [0.3, 0.4) is 0 Å². The highest BCUT2D eigenvalue weighted by Gasteiger charge is 2.06. The van der Waals surface area contributed by atoms with Gasteiger partial charge in [0.2, 0.25) is 0 Å². The summed E-state index contributed by atoms with van der Waals surface area (Å²) in [4.78, 5) is 0.